The molecule has 0 aliphatic carbocycles. The minimum atomic E-state index is 0.234. The van der Waals surface area contributed by atoms with E-state index in [1.807, 2.05) is 131 Å². The van der Waals surface area contributed by atoms with Crippen molar-refractivity contribution in [1.29, 1.82) is 10.5 Å². The van der Waals surface area contributed by atoms with Gasteiger partial charge in [-0.3, -0.25) is 9.80 Å². The van der Waals surface area contributed by atoms with Gasteiger partial charge in [0.1, 0.15) is 12.1 Å². The highest BCUT2D eigenvalue weighted by atomic mass is 15.2. The van der Waals surface area contributed by atoms with E-state index >= 15 is 0 Å². The number of allylic oxidation sites excluding steroid dienone is 2. The van der Waals surface area contributed by atoms with Crippen LogP contribution in [0.15, 0.2) is 133 Å². The van der Waals surface area contributed by atoms with Crippen LogP contribution in [0, 0.1) is 22.7 Å². The van der Waals surface area contributed by atoms with Crippen LogP contribution < -0.4 is 9.80 Å². The fourth-order valence-corrected chi connectivity index (χ4v) is 3.54. The van der Waals surface area contributed by atoms with Gasteiger partial charge in [-0.25, -0.2) is 0 Å². The van der Waals surface area contributed by atoms with Gasteiger partial charge in [0.2, 0.25) is 0 Å². The molecular formula is C28H20N4. The van der Waals surface area contributed by atoms with Gasteiger partial charge in [-0.15, -0.1) is 0 Å². The maximum atomic E-state index is 10.3. The number of hydrogen-bond acceptors (Lipinski definition) is 4. The summed E-state index contributed by atoms with van der Waals surface area (Å²) in [5.41, 5.74) is 3.65. The summed E-state index contributed by atoms with van der Waals surface area (Å²) >= 11 is 0. The van der Waals surface area contributed by atoms with Gasteiger partial charge in [-0.05, 0) is 48.5 Å². The molecule has 0 aliphatic rings. The summed E-state index contributed by atoms with van der Waals surface area (Å²) in [6, 6.07) is 43.0. The van der Waals surface area contributed by atoms with Crippen LogP contribution >= 0.6 is 0 Å². The minimum Gasteiger partial charge on any atom is -0.299 e. The van der Waals surface area contributed by atoms with E-state index in [1.54, 1.807) is 0 Å². The van der Waals surface area contributed by atoms with Gasteiger partial charge in [0.05, 0.1) is 0 Å². The molecule has 0 saturated heterocycles. The smallest absolute Gasteiger partial charge is 0.160 e. The van der Waals surface area contributed by atoms with E-state index in [0.717, 1.165) is 22.7 Å². The predicted octanol–water partition coefficient (Wildman–Crippen LogP) is 6.92. The molecule has 0 aliphatic heterocycles. The molecule has 0 saturated carbocycles. The Morgan fingerprint density at radius 1 is 0.406 bits per heavy atom. The van der Waals surface area contributed by atoms with E-state index in [1.165, 1.54) is 0 Å². The molecule has 0 aromatic heterocycles. The lowest BCUT2D eigenvalue weighted by Crippen LogP contribution is -2.24. The zero-order chi connectivity index (χ0) is 22.2. The maximum Gasteiger partial charge on any atom is 0.160 e. The Labute approximate surface area is 188 Å². The Balaban J connectivity index is 2.00. The van der Waals surface area contributed by atoms with Crippen molar-refractivity contribution in [3.05, 3.63) is 133 Å². The largest absolute Gasteiger partial charge is 0.299 e. The van der Waals surface area contributed by atoms with E-state index in [0.29, 0.717) is 0 Å². The second-order valence-electron chi connectivity index (χ2n) is 6.93. The van der Waals surface area contributed by atoms with Crippen LogP contribution in [0.1, 0.15) is 0 Å². The molecule has 152 valence electrons. The van der Waals surface area contributed by atoms with Crippen LogP contribution in [0.3, 0.4) is 0 Å². The Kier molecular flexibility index (Phi) is 6.27. The van der Waals surface area contributed by atoms with Crippen molar-refractivity contribution < 1.29 is 0 Å². The zero-order valence-electron chi connectivity index (χ0n) is 17.3. The summed E-state index contributed by atoms with van der Waals surface area (Å²) in [7, 11) is 0. The SMILES string of the molecule is N#C/C(=C(\C#N)N(c1ccccc1)c1ccccc1)N(c1ccccc1)c1ccccc1. The Morgan fingerprint density at radius 3 is 0.812 bits per heavy atom. The normalized spacial score (nSPS) is 10.9. The van der Waals surface area contributed by atoms with E-state index in [9.17, 15) is 10.5 Å². The summed E-state index contributed by atoms with van der Waals surface area (Å²) in [4.78, 5) is 3.63. The molecule has 0 atom stereocenters. The molecule has 4 rings (SSSR count). The first-order valence-electron chi connectivity index (χ1n) is 10.2. The number of benzene rings is 4. The Morgan fingerprint density at radius 2 is 0.625 bits per heavy atom. The number of anilines is 4. The molecule has 32 heavy (non-hydrogen) atoms. The maximum absolute atomic E-state index is 10.3. The standard InChI is InChI=1S/C28H20N4/c29-21-27(31(23-13-5-1-6-14-23)24-15-7-2-8-16-24)28(22-30)32(25-17-9-3-10-18-25)26-19-11-4-12-20-26/h1-20H/b28-27-. The third-order valence-corrected chi connectivity index (χ3v) is 4.94. The number of nitrogens with zero attached hydrogens (tertiary/aromatic N) is 4. The average Bonchev–Trinajstić information content (AvgIpc) is 2.88. The van der Waals surface area contributed by atoms with E-state index in [2.05, 4.69) is 12.1 Å². The summed E-state index contributed by atoms with van der Waals surface area (Å²) in [6.07, 6.45) is 0. The van der Waals surface area contributed by atoms with Crippen molar-refractivity contribution in [3.8, 4) is 12.1 Å². The van der Waals surface area contributed by atoms with Crippen molar-refractivity contribution in [3.63, 3.8) is 0 Å². The zero-order valence-corrected chi connectivity index (χ0v) is 17.3. The lowest BCUT2D eigenvalue weighted by molar-refractivity contribution is 1.12. The van der Waals surface area contributed by atoms with Crippen molar-refractivity contribution in [2.45, 2.75) is 0 Å². The molecule has 0 fully saturated rings. The lowest BCUT2D eigenvalue weighted by atomic mass is 10.1. The van der Waals surface area contributed by atoms with Gasteiger partial charge < -0.3 is 0 Å². The number of para-hydroxylation sites is 4. The molecule has 0 radical (unpaired) electrons. The van der Waals surface area contributed by atoms with Crippen LogP contribution in [0.2, 0.25) is 0 Å². The van der Waals surface area contributed by atoms with E-state index < -0.39 is 0 Å². The molecule has 4 aromatic rings. The third-order valence-electron chi connectivity index (χ3n) is 4.94. The van der Waals surface area contributed by atoms with Crippen LogP contribution in [-0.2, 0) is 0 Å². The lowest BCUT2D eigenvalue weighted by Gasteiger charge is -2.30. The van der Waals surface area contributed by atoms with Crippen LogP contribution in [0.25, 0.3) is 0 Å². The summed E-state index contributed by atoms with van der Waals surface area (Å²) in [6.45, 7) is 0. The molecule has 4 nitrogen and oxygen atoms in total. The average molecular weight is 412 g/mol. The van der Waals surface area contributed by atoms with Crippen molar-refractivity contribution in [2.75, 3.05) is 9.80 Å². The van der Waals surface area contributed by atoms with Crippen LogP contribution in [0.5, 0.6) is 0 Å². The van der Waals surface area contributed by atoms with Gasteiger partial charge in [0.15, 0.2) is 11.4 Å². The molecule has 0 amide bonds. The molecule has 0 heterocycles. The number of hydrogen-bond donors (Lipinski definition) is 0. The molecule has 0 unspecified atom stereocenters. The highest BCUT2D eigenvalue weighted by Gasteiger charge is 2.25. The molecule has 0 N–H and O–H groups in total. The van der Waals surface area contributed by atoms with Gasteiger partial charge >= 0.3 is 0 Å². The van der Waals surface area contributed by atoms with Gasteiger partial charge in [-0.1, -0.05) is 72.8 Å². The van der Waals surface area contributed by atoms with E-state index in [4.69, 9.17) is 0 Å². The first kappa shape index (κ1) is 20.5. The Bertz CT molecular complexity index is 1090. The first-order chi connectivity index (χ1) is 15.8. The van der Waals surface area contributed by atoms with Crippen LogP contribution in [-0.4, -0.2) is 0 Å². The molecular weight excluding hydrogens is 392 g/mol. The summed E-state index contributed by atoms with van der Waals surface area (Å²) in [5.74, 6) is 0. The molecule has 0 spiro atoms. The summed E-state index contributed by atoms with van der Waals surface area (Å²) < 4.78 is 0. The quantitative estimate of drug-likeness (QED) is 0.323. The van der Waals surface area contributed by atoms with Gasteiger partial charge in [0.25, 0.3) is 0 Å². The molecule has 0 bridgehead atoms. The highest BCUT2D eigenvalue weighted by Crippen LogP contribution is 2.35. The summed E-state index contributed by atoms with van der Waals surface area (Å²) in [5, 5.41) is 20.7. The minimum absolute atomic E-state index is 0.234. The van der Waals surface area contributed by atoms with Crippen LogP contribution in [0.4, 0.5) is 22.7 Å². The van der Waals surface area contributed by atoms with Gasteiger partial charge in [0, 0.05) is 22.7 Å². The predicted molar refractivity (Wildman–Crippen MR) is 128 cm³/mol. The van der Waals surface area contributed by atoms with Crippen molar-refractivity contribution >= 4 is 22.7 Å². The number of rotatable bonds is 6. The molecule has 4 aromatic carbocycles. The second-order valence-corrected chi connectivity index (χ2v) is 6.93. The monoisotopic (exact) mass is 412 g/mol. The van der Waals surface area contributed by atoms with E-state index in [-0.39, 0.29) is 11.4 Å². The van der Waals surface area contributed by atoms with Crippen molar-refractivity contribution in [1.82, 2.24) is 0 Å². The Hall–Kier alpha value is -4.80. The fraction of sp³-hybridized carbons (Fsp3) is 0. The highest BCUT2D eigenvalue weighted by molar-refractivity contribution is 5.78. The topological polar surface area (TPSA) is 54.1 Å². The van der Waals surface area contributed by atoms with Gasteiger partial charge in [-0.2, -0.15) is 10.5 Å². The van der Waals surface area contributed by atoms with Crippen molar-refractivity contribution in [2.24, 2.45) is 0 Å². The fourth-order valence-electron chi connectivity index (χ4n) is 3.54. The molecule has 4 heteroatoms. The first-order valence-corrected chi connectivity index (χ1v) is 10.2. The third kappa shape index (κ3) is 4.21. The number of nitriles is 2. The second kappa shape index (κ2) is 9.80.